The third-order valence-corrected chi connectivity index (χ3v) is 4.48. The molecule has 106 valence electrons. The molecule has 2 aliphatic rings. The summed E-state index contributed by atoms with van der Waals surface area (Å²) in [5.41, 5.74) is 4.45. The number of nitrogens with zero attached hydrogens (tertiary/aromatic N) is 2. The molecule has 0 amide bonds. The number of hydrogen-bond acceptors (Lipinski definition) is 3. The van der Waals surface area contributed by atoms with Crippen molar-refractivity contribution in [1.29, 1.82) is 0 Å². The van der Waals surface area contributed by atoms with Crippen molar-refractivity contribution >= 4 is 16.8 Å². The number of aliphatic imine (C=N–C) groups is 1. The lowest BCUT2D eigenvalue weighted by molar-refractivity contribution is 0.206. The SMILES string of the molecule is c1ccc2c(c1)C[C@@H]1OC(c3ccc4ccccc4n3)=N[C@H]21. The number of fused-ring (bicyclic) bond motifs is 4. The van der Waals surface area contributed by atoms with Crippen molar-refractivity contribution < 1.29 is 4.74 Å². The van der Waals surface area contributed by atoms with Crippen LogP contribution in [0.2, 0.25) is 0 Å². The highest BCUT2D eigenvalue weighted by Gasteiger charge is 2.39. The fraction of sp³-hybridized carbons (Fsp3) is 0.158. The van der Waals surface area contributed by atoms with Crippen LogP contribution in [0, 0.1) is 0 Å². The van der Waals surface area contributed by atoms with Gasteiger partial charge < -0.3 is 4.74 Å². The molecule has 0 unspecified atom stereocenters. The highest BCUT2D eigenvalue weighted by atomic mass is 16.5. The number of hydrogen-bond donors (Lipinski definition) is 0. The van der Waals surface area contributed by atoms with Crippen molar-refractivity contribution in [3.05, 3.63) is 77.5 Å². The van der Waals surface area contributed by atoms with Crippen LogP contribution in [0.15, 0.2) is 65.7 Å². The maximum atomic E-state index is 6.09. The Morgan fingerprint density at radius 1 is 0.909 bits per heavy atom. The van der Waals surface area contributed by atoms with Crippen LogP contribution in [0.5, 0.6) is 0 Å². The summed E-state index contributed by atoms with van der Waals surface area (Å²) in [6, 6.07) is 20.8. The van der Waals surface area contributed by atoms with Crippen molar-refractivity contribution in [3.8, 4) is 0 Å². The van der Waals surface area contributed by atoms with E-state index in [1.807, 2.05) is 24.3 Å². The second-order valence-electron chi connectivity index (χ2n) is 5.83. The molecule has 1 aromatic heterocycles. The van der Waals surface area contributed by atoms with E-state index in [9.17, 15) is 0 Å². The molecule has 0 saturated heterocycles. The zero-order valence-corrected chi connectivity index (χ0v) is 11.9. The van der Waals surface area contributed by atoms with Crippen molar-refractivity contribution in [2.75, 3.05) is 0 Å². The largest absolute Gasteiger partial charge is 0.470 e. The molecule has 5 rings (SSSR count). The predicted molar refractivity (Wildman–Crippen MR) is 86.0 cm³/mol. The molecule has 0 fully saturated rings. The molecule has 2 heterocycles. The quantitative estimate of drug-likeness (QED) is 0.684. The van der Waals surface area contributed by atoms with Crippen LogP contribution in [-0.2, 0) is 11.2 Å². The number of aromatic nitrogens is 1. The van der Waals surface area contributed by atoms with E-state index in [0.717, 1.165) is 23.0 Å². The van der Waals surface area contributed by atoms with Crippen LogP contribution in [0.1, 0.15) is 22.9 Å². The van der Waals surface area contributed by atoms with Gasteiger partial charge in [0.2, 0.25) is 5.90 Å². The average Bonchev–Trinajstić information content (AvgIpc) is 3.12. The van der Waals surface area contributed by atoms with E-state index >= 15 is 0 Å². The molecule has 22 heavy (non-hydrogen) atoms. The normalized spacial score (nSPS) is 22.1. The molecule has 3 nitrogen and oxygen atoms in total. The van der Waals surface area contributed by atoms with E-state index in [1.165, 1.54) is 11.1 Å². The van der Waals surface area contributed by atoms with Gasteiger partial charge in [-0.25, -0.2) is 9.98 Å². The second-order valence-corrected chi connectivity index (χ2v) is 5.83. The van der Waals surface area contributed by atoms with E-state index in [-0.39, 0.29) is 12.1 Å². The lowest BCUT2D eigenvalue weighted by Crippen LogP contribution is -2.14. The molecular formula is C19H14N2O. The third kappa shape index (κ3) is 1.69. The zero-order chi connectivity index (χ0) is 14.5. The van der Waals surface area contributed by atoms with E-state index < -0.39 is 0 Å². The Kier molecular flexibility index (Phi) is 2.39. The number of benzene rings is 2. The Hall–Kier alpha value is -2.68. The summed E-state index contributed by atoms with van der Waals surface area (Å²) in [4.78, 5) is 9.49. The summed E-state index contributed by atoms with van der Waals surface area (Å²) in [7, 11) is 0. The minimum Gasteiger partial charge on any atom is -0.470 e. The Bertz CT molecular complexity index is 916. The van der Waals surface area contributed by atoms with Crippen LogP contribution in [0.25, 0.3) is 10.9 Å². The molecule has 0 bridgehead atoms. The average molecular weight is 286 g/mol. The summed E-state index contributed by atoms with van der Waals surface area (Å²) in [5.74, 6) is 0.676. The van der Waals surface area contributed by atoms with Gasteiger partial charge in [0, 0.05) is 11.8 Å². The Labute approximate surface area is 128 Å². The maximum absolute atomic E-state index is 6.09. The molecule has 2 aromatic carbocycles. The van der Waals surface area contributed by atoms with E-state index in [2.05, 4.69) is 41.4 Å². The van der Waals surface area contributed by atoms with Gasteiger partial charge in [0.1, 0.15) is 17.8 Å². The summed E-state index contributed by atoms with van der Waals surface area (Å²) < 4.78 is 6.09. The molecule has 1 aliphatic heterocycles. The van der Waals surface area contributed by atoms with Gasteiger partial charge in [-0.15, -0.1) is 0 Å². The lowest BCUT2D eigenvalue weighted by Gasteiger charge is -2.08. The lowest BCUT2D eigenvalue weighted by atomic mass is 10.1. The van der Waals surface area contributed by atoms with Crippen molar-refractivity contribution in [2.24, 2.45) is 4.99 Å². The van der Waals surface area contributed by atoms with Crippen LogP contribution in [0.4, 0.5) is 0 Å². The van der Waals surface area contributed by atoms with Gasteiger partial charge in [-0.3, -0.25) is 0 Å². The predicted octanol–water partition coefficient (Wildman–Crippen LogP) is 3.68. The highest BCUT2D eigenvalue weighted by Crippen LogP contribution is 2.40. The second kappa shape index (κ2) is 4.41. The maximum Gasteiger partial charge on any atom is 0.236 e. The molecule has 0 spiro atoms. The van der Waals surface area contributed by atoms with Gasteiger partial charge >= 0.3 is 0 Å². The molecule has 0 saturated carbocycles. The zero-order valence-electron chi connectivity index (χ0n) is 11.9. The topological polar surface area (TPSA) is 34.5 Å². The Morgan fingerprint density at radius 2 is 1.77 bits per heavy atom. The number of rotatable bonds is 1. The molecule has 1 aliphatic carbocycles. The number of para-hydroxylation sites is 1. The molecule has 0 radical (unpaired) electrons. The smallest absolute Gasteiger partial charge is 0.236 e. The minimum atomic E-state index is 0.125. The van der Waals surface area contributed by atoms with Gasteiger partial charge in [0.05, 0.1) is 5.52 Å². The first-order chi connectivity index (χ1) is 10.9. The Balaban J connectivity index is 1.57. The van der Waals surface area contributed by atoms with Crippen LogP contribution >= 0.6 is 0 Å². The van der Waals surface area contributed by atoms with E-state index in [0.29, 0.717) is 5.90 Å². The summed E-state index contributed by atoms with van der Waals surface area (Å²) in [5, 5.41) is 1.13. The number of ether oxygens (including phenoxy) is 1. The van der Waals surface area contributed by atoms with E-state index in [4.69, 9.17) is 9.73 Å². The van der Waals surface area contributed by atoms with Gasteiger partial charge in [-0.05, 0) is 23.3 Å². The van der Waals surface area contributed by atoms with Crippen molar-refractivity contribution in [3.63, 3.8) is 0 Å². The van der Waals surface area contributed by atoms with Gasteiger partial charge in [-0.2, -0.15) is 0 Å². The Morgan fingerprint density at radius 3 is 2.77 bits per heavy atom. The van der Waals surface area contributed by atoms with Crippen LogP contribution in [0.3, 0.4) is 0 Å². The summed E-state index contributed by atoms with van der Waals surface area (Å²) in [6.45, 7) is 0. The van der Waals surface area contributed by atoms with Gasteiger partial charge in [-0.1, -0.05) is 48.5 Å². The fourth-order valence-electron chi connectivity index (χ4n) is 3.41. The van der Waals surface area contributed by atoms with Crippen LogP contribution in [-0.4, -0.2) is 17.0 Å². The molecule has 0 N–H and O–H groups in total. The molecular weight excluding hydrogens is 272 g/mol. The summed E-state index contributed by atoms with van der Waals surface area (Å²) in [6.07, 6.45) is 1.06. The van der Waals surface area contributed by atoms with Crippen molar-refractivity contribution in [2.45, 2.75) is 18.6 Å². The molecule has 3 aromatic rings. The number of pyridine rings is 1. The van der Waals surface area contributed by atoms with Gasteiger partial charge in [0.25, 0.3) is 0 Å². The van der Waals surface area contributed by atoms with Crippen LogP contribution < -0.4 is 0 Å². The highest BCUT2D eigenvalue weighted by molar-refractivity contribution is 5.96. The first-order valence-electron chi connectivity index (χ1n) is 7.57. The first-order valence-corrected chi connectivity index (χ1v) is 7.57. The monoisotopic (exact) mass is 286 g/mol. The fourth-order valence-corrected chi connectivity index (χ4v) is 3.41. The standard InChI is InChI=1S/C19H14N2O/c1-3-7-14-13(6-1)11-17-18(14)21-19(22-17)16-10-9-12-5-2-4-8-15(12)20-16/h1-10,17-18H,11H2/t17-,18+/m0/s1. The van der Waals surface area contributed by atoms with Crippen molar-refractivity contribution in [1.82, 2.24) is 4.98 Å². The van der Waals surface area contributed by atoms with Gasteiger partial charge in [0.15, 0.2) is 0 Å². The minimum absolute atomic E-state index is 0.125. The molecule has 3 heteroatoms. The first kappa shape index (κ1) is 11.9. The third-order valence-electron chi connectivity index (χ3n) is 4.48. The van der Waals surface area contributed by atoms with E-state index in [1.54, 1.807) is 0 Å². The summed E-state index contributed by atoms with van der Waals surface area (Å²) >= 11 is 0. The molecule has 2 atom stereocenters.